The van der Waals surface area contributed by atoms with Crippen LogP contribution in [-0.4, -0.2) is 0 Å². The molecule has 0 spiro atoms. The largest absolute Gasteiger partial charge is 0.0654 e. The van der Waals surface area contributed by atoms with Crippen LogP contribution in [0.2, 0.25) is 0 Å². The van der Waals surface area contributed by atoms with E-state index in [4.69, 9.17) is 0 Å². The van der Waals surface area contributed by atoms with Crippen LogP contribution in [0, 0.1) is 24.7 Å². The predicted molar refractivity (Wildman–Crippen MR) is 73.3 cm³/mol. The molecular formula is C16H31. The van der Waals surface area contributed by atoms with Crippen LogP contribution in [0.4, 0.5) is 0 Å². The molecule has 0 amide bonds. The van der Waals surface area contributed by atoms with Crippen molar-refractivity contribution in [2.24, 2.45) is 17.8 Å². The molecule has 0 heterocycles. The second-order valence-corrected chi connectivity index (χ2v) is 5.90. The molecule has 1 rings (SSSR count). The van der Waals surface area contributed by atoms with Gasteiger partial charge in [0, 0.05) is 0 Å². The van der Waals surface area contributed by atoms with E-state index >= 15 is 0 Å². The van der Waals surface area contributed by atoms with Crippen LogP contribution in [0.3, 0.4) is 0 Å². The van der Waals surface area contributed by atoms with E-state index < -0.39 is 0 Å². The predicted octanol–water partition coefficient (Wildman–Crippen LogP) is 5.62. The number of rotatable bonds is 7. The summed E-state index contributed by atoms with van der Waals surface area (Å²) < 4.78 is 0. The van der Waals surface area contributed by atoms with Gasteiger partial charge in [-0.3, -0.25) is 0 Å². The summed E-state index contributed by atoms with van der Waals surface area (Å²) in [5, 5.41) is 0. The van der Waals surface area contributed by atoms with E-state index in [1.807, 2.05) is 0 Å². The molecular weight excluding hydrogens is 192 g/mol. The zero-order valence-corrected chi connectivity index (χ0v) is 11.5. The lowest BCUT2D eigenvalue weighted by Crippen LogP contribution is -2.20. The van der Waals surface area contributed by atoms with Crippen molar-refractivity contribution >= 4 is 0 Å². The first-order chi connectivity index (χ1) is 7.77. The van der Waals surface area contributed by atoms with Gasteiger partial charge in [-0.05, 0) is 30.6 Å². The summed E-state index contributed by atoms with van der Waals surface area (Å²) in [6.07, 6.45) is 14.3. The van der Waals surface area contributed by atoms with Crippen LogP contribution in [-0.2, 0) is 0 Å². The molecule has 16 heavy (non-hydrogen) atoms. The van der Waals surface area contributed by atoms with Crippen molar-refractivity contribution in [3.05, 3.63) is 6.92 Å². The third-order valence-corrected chi connectivity index (χ3v) is 4.57. The Kier molecular flexibility index (Phi) is 7.16. The molecule has 1 aliphatic carbocycles. The molecule has 1 atom stereocenters. The van der Waals surface area contributed by atoms with Crippen molar-refractivity contribution < 1.29 is 0 Å². The topological polar surface area (TPSA) is 0 Å². The molecule has 0 aromatic heterocycles. The van der Waals surface area contributed by atoms with Crippen LogP contribution >= 0.6 is 0 Å². The molecule has 0 aliphatic heterocycles. The van der Waals surface area contributed by atoms with Gasteiger partial charge >= 0.3 is 0 Å². The molecule has 0 bridgehead atoms. The Morgan fingerprint density at radius 3 is 2.38 bits per heavy atom. The molecule has 95 valence electrons. The average molecular weight is 223 g/mol. The van der Waals surface area contributed by atoms with Gasteiger partial charge in [0.05, 0.1) is 0 Å². The minimum atomic E-state index is 0.925. The van der Waals surface area contributed by atoms with E-state index in [1.165, 1.54) is 57.8 Å². The van der Waals surface area contributed by atoms with Crippen molar-refractivity contribution in [2.75, 3.05) is 0 Å². The zero-order chi connectivity index (χ0) is 11.8. The smallest absolute Gasteiger partial charge is 0.0388 e. The molecule has 1 fully saturated rings. The molecule has 1 radical (unpaired) electrons. The van der Waals surface area contributed by atoms with Crippen LogP contribution in [0.15, 0.2) is 0 Å². The summed E-state index contributed by atoms with van der Waals surface area (Å²) in [4.78, 5) is 0. The highest BCUT2D eigenvalue weighted by Gasteiger charge is 2.24. The number of unbranched alkanes of at least 4 members (excludes halogenated alkanes) is 2. The second-order valence-electron chi connectivity index (χ2n) is 5.90. The standard InChI is InChI=1S/C16H31/c1-4-6-7-9-15-10-12-16(13-11-15)14(3)8-5-2/h14-16H,2,4-13H2,1,3H3/t14?,15-,16-. The van der Waals surface area contributed by atoms with Crippen LogP contribution in [0.1, 0.15) is 78.1 Å². The lowest BCUT2D eigenvalue weighted by Gasteiger charge is -2.32. The Labute approximate surface area is 103 Å². The first kappa shape index (κ1) is 14.1. The van der Waals surface area contributed by atoms with Crippen LogP contribution < -0.4 is 0 Å². The van der Waals surface area contributed by atoms with E-state index in [0.717, 1.165) is 24.2 Å². The Bertz CT molecular complexity index is 153. The third-order valence-electron chi connectivity index (χ3n) is 4.57. The Balaban J connectivity index is 2.13. The van der Waals surface area contributed by atoms with Gasteiger partial charge in [0.1, 0.15) is 0 Å². The van der Waals surface area contributed by atoms with Crippen molar-refractivity contribution in [3.63, 3.8) is 0 Å². The van der Waals surface area contributed by atoms with Gasteiger partial charge in [-0.25, -0.2) is 0 Å². The highest BCUT2D eigenvalue weighted by Crippen LogP contribution is 2.36. The monoisotopic (exact) mass is 223 g/mol. The van der Waals surface area contributed by atoms with E-state index in [9.17, 15) is 0 Å². The Morgan fingerprint density at radius 1 is 1.12 bits per heavy atom. The summed E-state index contributed by atoms with van der Waals surface area (Å²) in [5.74, 6) is 3.01. The highest BCUT2D eigenvalue weighted by atomic mass is 14.3. The summed E-state index contributed by atoms with van der Waals surface area (Å²) in [6, 6.07) is 0. The van der Waals surface area contributed by atoms with Gasteiger partial charge < -0.3 is 0 Å². The van der Waals surface area contributed by atoms with Crippen molar-refractivity contribution in [3.8, 4) is 0 Å². The minimum Gasteiger partial charge on any atom is -0.0654 e. The minimum absolute atomic E-state index is 0.925. The second kappa shape index (κ2) is 8.14. The third kappa shape index (κ3) is 4.89. The first-order valence-corrected chi connectivity index (χ1v) is 7.57. The lowest BCUT2D eigenvalue weighted by atomic mass is 9.74. The maximum absolute atomic E-state index is 3.99. The fourth-order valence-corrected chi connectivity index (χ4v) is 3.29. The maximum Gasteiger partial charge on any atom is -0.0388 e. The quantitative estimate of drug-likeness (QED) is 0.491. The maximum atomic E-state index is 3.99. The van der Waals surface area contributed by atoms with Crippen molar-refractivity contribution in [1.82, 2.24) is 0 Å². The van der Waals surface area contributed by atoms with Gasteiger partial charge in [-0.2, -0.15) is 0 Å². The van der Waals surface area contributed by atoms with E-state index in [-0.39, 0.29) is 0 Å². The normalized spacial score (nSPS) is 27.9. The molecule has 0 saturated heterocycles. The Morgan fingerprint density at radius 2 is 1.81 bits per heavy atom. The SMILES string of the molecule is [CH2]CCC(C)[C@H]1CC[C@H](CCCCC)CC1. The molecule has 1 aliphatic rings. The number of hydrogen-bond acceptors (Lipinski definition) is 0. The fourth-order valence-electron chi connectivity index (χ4n) is 3.29. The number of hydrogen-bond donors (Lipinski definition) is 0. The molecule has 1 saturated carbocycles. The van der Waals surface area contributed by atoms with Crippen LogP contribution in [0.25, 0.3) is 0 Å². The highest BCUT2D eigenvalue weighted by molar-refractivity contribution is 4.76. The fraction of sp³-hybridized carbons (Fsp3) is 0.938. The Hall–Kier alpha value is 0. The molecule has 1 unspecified atom stereocenters. The average Bonchev–Trinajstić information content (AvgIpc) is 2.30. The van der Waals surface area contributed by atoms with E-state index in [1.54, 1.807) is 0 Å². The molecule has 0 aromatic carbocycles. The molecule has 0 nitrogen and oxygen atoms in total. The van der Waals surface area contributed by atoms with E-state index in [0.29, 0.717) is 0 Å². The van der Waals surface area contributed by atoms with Crippen molar-refractivity contribution in [1.29, 1.82) is 0 Å². The van der Waals surface area contributed by atoms with Crippen molar-refractivity contribution in [2.45, 2.75) is 78.1 Å². The molecule has 0 N–H and O–H groups in total. The van der Waals surface area contributed by atoms with Gasteiger partial charge in [0.15, 0.2) is 0 Å². The van der Waals surface area contributed by atoms with Crippen LogP contribution in [0.5, 0.6) is 0 Å². The summed E-state index contributed by atoms with van der Waals surface area (Å²) in [7, 11) is 0. The van der Waals surface area contributed by atoms with Gasteiger partial charge in [-0.1, -0.05) is 72.1 Å². The van der Waals surface area contributed by atoms with Gasteiger partial charge in [0.25, 0.3) is 0 Å². The molecule has 0 heteroatoms. The first-order valence-electron chi connectivity index (χ1n) is 7.57. The summed E-state index contributed by atoms with van der Waals surface area (Å²) in [6.45, 7) is 8.73. The van der Waals surface area contributed by atoms with E-state index in [2.05, 4.69) is 20.8 Å². The van der Waals surface area contributed by atoms with Gasteiger partial charge in [0.2, 0.25) is 0 Å². The zero-order valence-electron chi connectivity index (χ0n) is 11.5. The molecule has 0 aromatic rings. The lowest BCUT2D eigenvalue weighted by molar-refractivity contribution is 0.199. The van der Waals surface area contributed by atoms with Gasteiger partial charge in [-0.15, -0.1) is 0 Å². The summed E-state index contributed by atoms with van der Waals surface area (Å²) >= 11 is 0. The summed E-state index contributed by atoms with van der Waals surface area (Å²) in [5.41, 5.74) is 0.